The minimum Gasteiger partial charge on any atom is -0.326 e. The van der Waals surface area contributed by atoms with Gasteiger partial charge in [0.1, 0.15) is 5.44 Å². The van der Waals surface area contributed by atoms with Crippen molar-refractivity contribution in [1.29, 1.82) is 0 Å². The van der Waals surface area contributed by atoms with Crippen LogP contribution in [0.4, 0.5) is 0 Å². The molecule has 1 rings (SSSR count). The first-order valence-corrected chi connectivity index (χ1v) is 6.01. The Morgan fingerprint density at radius 3 is 2.83 bits per heavy atom. The lowest BCUT2D eigenvalue weighted by molar-refractivity contribution is 0.235. The number of hydrogen-bond acceptors (Lipinski definition) is 6. The summed E-state index contributed by atoms with van der Waals surface area (Å²) in [5.74, 6) is 0. The summed E-state index contributed by atoms with van der Waals surface area (Å²) in [7, 11) is -3.81. The highest BCUT2D eigenvalue weighted by Gasteiger charge is 2.27. The molecule has 1 aliphatic heterocycles. The first-order chi connectivity index (χ1) is 5.53. The third kappa shape index (κ3) is 2.91. The van der Waals surface area contributed by atoms with Crippen molar-refractivity contribution in [3.63, 3.8) is 0 Å². The van der Waals surface area contributed by atoms with Gasteiger partial charge in [0, 0.05) is 12.5 Å². The van der Waals surface area contributed by atoms with E-state index in [-0.39, 0.29) is 12.6 Å². The van der Waals surface area contributed by atoms with Gasteiger partial charge in [-0.2, -0.15) is 8.42 Å². The summed E-state index contributed by atoms with van der Waals surface area (Å²) >= 11 is 1.30. The van der Waals surface area contributed by atoms with Gasteiger partial charge in [-0.15, -0.1) is 11.8 Å². The zero-order valence-electron chi connectivity index (χ0n) is 6.60. The predicted molar refractivity (Wildman–Crippen MR) is 45.9 cm³/mol. The molecular weight excluding hydrogens is 202 g/mol. The maximum Gasteiger partial charge on any atom is 0.400 e. The van der Waals surface area contributed by atoms with E-state index in [0.717, 1.165) is 0 Å². The van der Waals surface area contributed by atoms with Crippen LogP contribution in [0.2, 0.25) is 0 Å². The normalized spacial score (nSPS) is 35.8. The maximum atomic E-state index is 10.9. The van der Waals surface area contributed by atoms with E-state index in [1.807, 2.05) is 0 Å². The Morgan fingerprint density at radius 2 is 2.25 bits per heavy atom. The van der Waals surface area contributed by atoms with E-state index < -0.39 is 15.8 Å². The molecule has 1 heterocycles. The van der Waals surface area contributed by atoms with Crippen molar-refractivity contribution in [2.45, 2.75) is 17.9 Å². The molecule has 12 heavy (non-hydrogen) atoms. The first kappa shape index (κ1) is 10.3. The van der Waals surface area contributed by atoms with Crippen molar-refractivity contribution in [3.8, 4) is 0 Å². The van der Waals surface area contributed by atoms with Crippen LogP contribution in [0.1, 0.15) is 6.42 Å². The standard InChI is InChI=1S/C5H11NO4S2/c1-11-5-2-4(6)3-9-12(7,8)10-5/h4-5H,2-3,6H2,1H3. The van der Waals surface area contributed by atoms with Crippen molar-refractivity contribution in [3.05, 3.63) is 0 Å². The molecule has 0 radical (unpaired) electrons. The summed E-state index contributed by atoms with van der Waals surface area (Å²) in [6.45, 7) is -0.000602. The largest absolute Gasteiger partial charge is 0.400 e. The van der Waals surface area contributed by atoms with Gasteiger partial charge in [-0.3, -0.25) is 0 Å². The zero-order valence-corrected chi connectivity index (χ0v) is 8.23. The Morgan fingerprint density at radius 1 is 1.58 bits per heavy atom. The number of nitrogens with two attached hydrogens (primary N) is 1. The Kier molecular flexibility index (Phi) is 3.36. The summed E-state index contributed by atoms with van der Waals surface area (Å²) in [5, 5.41) is 0. The van der Waals surface area contributed by atoms with Gasteiger partial charge >= 0.3 is 10.4 Å². The Balaban J connectivity index is 2.69. The fourth-order valence-electron chi connectivity index (χ4n) is 0.820. The molecule has 0 aromatic rings. The van der Waals surface area contributed by atoms with E-state index in [1.165, 1.54) is 11.8 Å². The highest BCUT2D eigenvalue weighted by Crippen LogP contribution is 2.20. The molecule has 1 saturated heterocycles. The summed E-state index contributed by atoms with van der Waals surface area (Å²) in [5.41, 5.74) is 5.12. The quantitative estimate of drug-likeness (QED) is 0.643. The predicted octanol–water partition coefficient (Wildman–Crippen LogP) is -0.315. The summed E-state index contributed by atoms with van der Waals surface area (Å²) in [4.78, 5) is 0. The van der Waals surface area contributed by atoms with Crippen LogP contribution >= 0.6 is 11.8 Å². The number of hydrogen-bond donors (Lipinski definition) is 1. The average Bonchev–Trinajstić information content (AvgIpc) is 2.10. The van der Waals surface area contributed by atoms with Crippen LogP contribution in [-0.4, -0.2) is 32.8 Å². The first-order valence-electron chi connectivity index (χ1n) is 3.39. The lowest BCUT2D eigenvalue weighted by atomic mass is 10.2. The van der Waals surface area contributed by atoms with Gasteiger partial charge in [0.05, 0.1) is 6.61 Å². The van der Waals surface area contributed by atoms with Gasteiger partial charge in [0.25, 0.3) is 0 Å². The van der Waals surface area contributed by atoms with Crippen molar-refractivity contribution >= 4 is 22.2 Å². The summed E-state index contributed by atoms with van der Waals surface area (Å²) in [6.07, 6.45) is 2.25. The minimum absolute atomic E-state index is 0.000602. The second-order valence-electron chi connectivity index (χ2n) is 2.45. The topological polar surface area (TPSA) is 78.6 Å². The van der Waals surface area contributed by atoms with Crippen LogP contribution in [0.3, 0.4) is 0 Å². The van der Waals surface area contributed by atoms with Crippen molar-refractivity contribution in [2.24, 2.45) is 5.73 Å². The molecule has 0 amide bonds. The van der Waals surface area contributed by atoms with E-state index in [9.17, 15) is 8.42 Å². The molecule has 7 heteroatoms. The van der Waals surface area contributed by atoms with Crippen LogP contribution < -0.4 is 5.73 Å². The summed E-state index contributed by atoms with van der Waals surface area (Å²) in [6, 6.07) is -0.278. The van der Waals surface area contributed by atoms with E-state index in [1.54, 1.807) is 6.26 Å². The van der Waals surface area contributed by atoms with E-state index >= 15 is 0 Å². The molecular formula is C5H11NO4S2. The van der Waals surface area contributed by atoms with Gasteiger partial charge < -0.3 is 5.73 Å². The molecule has 0 spiro atoms. The second-order valence-corrected chi connectivity index (χ2v) is 4.69. The van der Waals surface area contributed by atoms with Crippen LogP contribution in [0, 0.1) is 0 Å². The second kappa shape index (κ2) is 3.93. The average molecular weight is 213 g/mol. The lowest BCUT2D eigenvalue weighted by Crippen LogP contribution is -2.27. The van der Waals surface area contributed by atoms with Crippen molar-refractivity contribution in [1.82, 2.24) is 0 Å². The van der Waals surface area contributed by atoms with Gasteiger partial charge in [-0.1, -0.05) is 0 Å². The third-order valence-corrected chi connectivity index (χ3v) is 3.24. The van der Waals surface area contributed by atoms with Crippen LogP contribution in [0.5, 0.6) is 0 Å². The van der Waals surface area contributed by atoms with Gasteiger partial charge in [-0.25, -0.2) is 8.37 Å². The van der Waals surface area contributed by atoms with Crippen molar-refractivity contribution in [2.75, 3.05) is 12.9 Å². The van der Waals surface area contributed by atoms with Crippen LogP contribution in [0.25, 0.3) is 0 Å². The highest BCUT2D eigenvalue weighted by atomic mass is 32.3. The van der Waals surface area contributed by atoms with E-state index in [2.05, 4.69) is 8.37 Å². The van der Waals surface area contributed by atoms with E-state index in [0.29, 0.717) is 6.42 Å². The molecule has 0 aliphatic carbocycles. The molecule has 0 aromatic carbocycles. The third-order valence-electron chi connectivity index (χ3n) is 1.41. The molecule has 2 N–H and O–H groups in total. The monoisotopic (exact) mass is 213 g/mol. The summed E-state index contributed by atoms with van der Waals surface area (Å²) < 4.78 is 30.8. The van der Waals surface area contributed by atoms with E-state index in [4.69, 9.17) is 5.73 Å². The molecule has 0 aromatic heterocycles. The SMILES string of the molecule is CSC1CC(N)COS(=O)(=O)O1. The smallest absolute Gasteiger partial charge is 0.326 e. The Hall–Kier alpha value is 0.180. The van der Waals surface area contributed by atoms with Crippen LogP contribution in [0.15, 0.2) is 0 Å². The Bertz CT molecular complexity index is 240. The molecule has 1 aliphatic rings. The fourth-order valence-corrected chi connectivity index (χ4v) is 2.60. The minimum atomic E-state index is -3.81. The van der Waals surface area contributed by atoms with Gasteiger partial charge in [-0.05, 0) is 6.26 Å². The Labute approximate surface area is 75.9 Å². The zero-order chi connectivity index (χ0) is 9.19. The highest BCUT2D eigenvalue weighted by molar-refractivity contribution is 7.99. The number of thioether (sulfide) groups is 1. The van der Waals surface area contributed by atoms with Gasteiger partial charge in [0.2, 0.25) is 0 Å². The fraction of sp³-hybridized carbons (Fsp3) is 1.00. The molecule has 0 saturated carbocycles. The molecule has 5 nitrogen and oxygen atoms in total. The van der Waals surface area contributed by atoms with Gasteiger partial charge in [0.15, 0.2) is 0 Å². The van der Waals surface area contributed by atoms with Crippen LogP contribution in [-0.2, 0) is 18.8 Å². The molecule has 2 atom stereocenters. The molecule has 0 bridgehead atoms. The molecule has 72 valence electrons. The molecule has 2 unspecified atom stereocenters. The lowest BCUT2D eigenvalue weighted by Gasteiger charge is -2.10. The maximum absolute atomic E-state index is 10.9. The molecule has 1 fully saturated rings. The number of rotatable bonds is 1. The van der Waals surface area contributed by atoms with Crippen molar-refractivity contribution < 1.29 is 16.8 Å².